The lowest BCUT2D eigenvalue weighted by Gasteiger charge is -2.21. The third kappa shape index (κ3) is 2.71. The number of nitro groups is 1. The van der Waals surface area contributed by atoms with Crippen LogP contribution in [0, 0.1) is 21.4 Å². The molecule has 0 amide bonds. The first-order valence-electron chi connectivity index (χ1n) is 5.19. The molecule has 1 aromatic carbocycles. The lowest BCUT2D eigenvalue weighted by Crippen LogP contribution is -2.27. The highest BCUT2D eigenvalue weighted by molar-refractivity contribution is 5.69. The lowest BCUT2D eigenvalue weighted by atomic mass is 10.1. The van der Waals surface area contributed by atoms with Gasteiger partial charge in [-0.1, -0.05) is 6.07 Å². The Morgan fingerprint density at radius 3 is 2.76 bits per heavy atom. The number of aliphatic hydroxyl groups excluding tert-OH is 1. The number of hydrogen-bond acceptors (Lipinski definition) is 5. The molecule has 0 bridgehead atoms. The van der Waals surface area contributed by atoms with E-state index in [0.29, 0.717) is 18.8 Å². The number of nitrogens with zero attached hydrogens (tertiary/aromatic N) is 3. The normalized spacial score (nSPS) is 9.71. The SMILES string of the molecule is CCN(CCO)c1cccc(C#N)c1[N+](=O)[O-]. The van der Waals surface area contributed by atoms with Gasteiger partial charge in [0.05, 0.1) is 11.5 Å². The first-order chi connectivity index (χ1) is 8.15. The Kier molecular flexibility index (Phi) is 4.43. The predicted molar refractivity (Wildman–Crippen MR) is 62.8 cm³/mol. The van der Waals surface area contributed by atoms with Crippen molar-refractivity contribution in [2.45, 2.75) is 6.92 Å². The van der Waals surface area contributed by atoms with Gasteiger partial charge in [0.25, 0.3) is 0 Å². The van der Waals surface area contributed by atoms with Crippen molar-refractivity contribution < 1.29 is 10.0 Å². The van der Waals surface area contributed by atoms with Crippen molar-refractivity contribution in [3.63, 3.8) is 0 Å². The fraction of sp³-hybridized carbons (Fsp3) is 0.364. The molecule has 0 aliphatic carbocycles. The number of nitro benzene ring substituents is 1. The topological polar surface area (TPSA) is 90.4 Å². The molecule has 6 heteroatoms. The fourth-order valence-electron chi connectivity index (χ4n) is 1.64. The van der Waals surface area contributed by atoms with Crippen molar-refractivity contribution >= 4 is 11.4 Å². The number of likely N-dealkylation sites (N-methyl/N-ethyl adjacent to an activating group) is 1. The molecule has 0 fully saturated rings. The van der Waals surface area contributed by atoms with Gasteiger partial charge in [-0.05, 0) is 19.1 Å². The van der Waals surface area contributed by atoms with Gasteiger partial charge in [-0.2, -0.15) is 5.26 Å². The van der Waals surface area contributed by atoms with E-state index in [1.54, 1.807) is 17.0 Å². The van der Waals surface area contributed by atoms with Crippen LogP contribution in [0.25, 0.3) is 0 Å². The van der Waals surface area contributed by atoms with Crippen LogP contribution in [0.2, 0.25) is 0 Å². The molecule has 0 unspecified atom stereocenters. The summed E-state index contributed by atoms with van der Waals surface area (Å²) >= 11 is 0. The van der Waals surface area contributed by atoms with Crippen LogP contribution < -0.4 is 4.90 Å². The number of aliphatic hydroxyl groups is 1. The van der Waals surface area contributed by atoms with Gasteiger partial charge in [-0.25, -0.2) is 0 Å². The van der Waals surface area contributed by atoms with Gasteiger partial charge in [0.1, 0.15) is 17.3 Å². The first-order valence-corrected chi connectivity index (χ1v) is 5.19. The number of anilines is 1. The zero-order valence-electron chi connectivity index (χ0n) is 9.46. The maximum atomic E-state index is 11.0. The van der Waals surface area contributed by atoms with E-state index in [4.69, 9.17) is 10.4 Å². The summed E-state index contributed by atoms with van der Waals surface area (Å²) in [4.78, 5) is 12.1. The van der Waals surface area contributed by atoms with Crippen molar-refractivity contribution in [3.8, 4) is 6.07 Å². The summed E-state index contributed by atoms with van der Waals surface area (Å²) in [6.07, 6.45) is 0. The van der Waals surface area contributed by atoms with Gasteiger partial charge in [0.15, 0.2) is 0 Å². The van der Waals surface area contributed by atoms with E-state index in [9.17, 15) is 10.1 Å². The summed E-state index contributed by atoms with van der Waals surface area (Å²) in [6, 6.07) is 6.40. The van der Waals surface area contributed by atoms with E-state index in [-0.39, 0.29) is 17.9 Å². The molecule has 0 aliphatic heterocycles. The number of nitriles is 1. The quantitative estimate of drug-likeness (QED) is 0.613. The molecule has 1 rings (SSSR count). The molecular weight excluding hydrogens is 222 g/mol. The Morgan fingerprint density at radius 1 is 1.59 bits per heavy atom. The molecule has 6 nitrogen and oxygen atoms in total. The van der Waals surface area contributed by atoms with Crippen LogP contribution in [-0.4, -0.2) is 29.7 Å². The molecule has 90 valence electrons. The van der Waals surface area contributed by atoms with Crippen molar-refractivity contribution in [2.24, 2.45) is 0 Å². The van der Waals surface area contributed by atoms with Crippen LogP contribution >= 0.6 is 0 Å². The molecular formula is C11H13N3O3. The minimum atomic E-state index is -0.562. The van der Waals surface area contributed by atoms with Gasteiger partial charge in [0.2, 0.25) is 0 Å². The van der Waals surface area contributed by atoms with E-state index in [2.05, 4.69) is 0 Å². The van der Waals surface area contributed by atoms with E-state index >= 15 is 0 Å². The first kappa shape index (κ1) is 12.9. The van der Waals surface area contributed by atoms with E-state index < -0.39 is 4.92 Å². The fourth-order valence-corrected chi connectivity index (χ4v) is 1.64. The monoisotopic (exact) mass is 235 g/mol. The molecule has 17 heavy (non-hydrogen) atoms. The average Bonchev–Trinajstić information content (AvgIpc) is 2.34. The zero-order chi connectivity index (χ0) is 12.8. The molecule has 0 atom stereocenters. The number of hydrogen-bond donors (Lipinski definition) is 1. The largest absolute Gasteiger partial charge is 0.395 e. The third-order valence-corrected chi connectivity index (χ3v) is 2.41. The highest BCUT2D eigenvalue weighted by atomic mass is 16.6. The van der Waals surface area contributed by atoms with E-state index in [1.165, 1.54) is 6.07 Å². The van der Waals surface area contributed by atoms with Gasteiger partial charge >= 0.3 is 5.69 Å². The van der Waals surface area contributed by atoms with Gasteiger partial charge in [-0.3, -0.25) is 10.1 Å². The van der Waals surface area contributed by atoms with Crippen molar-refractivity contribution in [1.29, 1.82) is 5.26 Å². The Labute approximate surface area is 98.9 Å². The second-order valence-corrected chi connectivity index (χ2v) is 3.35. The third-order valence-electron chi connectivity index (χ3n) is 2.41. The lowest BCUT2D eigenvalue weighted by molar-refractivity contribution is -0.384. The van der Waals surface area contributed by atoms with Crippen LogP contribution in [0.4, 0.5) is 11.4 Å². The molecule has 0 heterocycles. The summed E-state index contributed by atoms with van der Waals surface area (Å²) in [6.45, 7) is 2.56. The number of para-hydroxylation sites is 1. The Hall–Kier alpha value is -2.13. The Bertz CT molecular complexity index is 454. The molecule has 0 aromatic heterocycles. The molecule has 0 saturated carbocycles. The molecule has 0 aliphatic rings. The molecule has 0 spiro atoms. The van der Waals surface area contributed by atoms with Gasteiger partial charge in [-0.15, -0.1) is 0 Å². The predicted octanol–water partition coefficient (Wildman–Crippen LogP) is 1.29. The summed E-state index contributed by atoms with van der Waals surface area (Å²) in [5.41, 5.74) is 0.194. The van der Waals surface area contributed by atoms with Crippen LogP contribution in [0.15, 0.2) is 18.2 Å². The second-order valence-electron chi connectivity index (χ2n) is 3.35. The summed E-state index contributed by atoms with van der Waals surface area (Å²) < 4.78 is 0. The molecule has 0 radical (unpaired) electrons. The average molecular weight is 235 g/mol. The summed E-state index contributed by atoms with van der Waals surface area (Å²) in [5.74, 6) is 0. The number of benzene rings is 1. The summed E-state index contributed by atoms with van der Waals surface area (Å²) in [5, 5.41) is 28.8. The van der Waals surface area contributed by atoms with Crippen LogP contribution in [0.1, 0.15) is 12.5 Å². The smallest absolute Gasteiger partial charge is 0.310 e. The molecule has 0 saturated heterocycles. The van der Waals surface area contributed by atoms with Crippen LogP contribution in [0.3, 0.4) is 0 Å². The standard InChI is InChI=1S/C11H13N3O3/c1-2-13(6-7-15)10-5-3-4-9(8-12)11(10)14(16)17/h3-5,15H,2,6-7H2,1H3. The number of rotatable bonds is 5. The van der Waals surface area contributed by atoms with Gasteiger partial charge in [0, 0.05) is 13.1 Å². The molecule has 1 aromatic rings. The van der Waals surface area contributed by atoms with Crippen LogP contribution in [-0.2, 0) is 0 Å². The van der Waals surface area contributed by atoms with Gasteiger partial charge < -0.3 is 10.0 Å². The zero-order valence-corrected chi connectivity index (χ0v) is 9.46. The van der Waals surface area contributed by atoms with Crippen molar-refractivity contribution in [1.82, 2.24) is 0 Å². The van der Waals surface area contributed by atoms with E-state index in [1.807, 2.05) is 13.0 Å². The molecule has 1 N–H and O–H groups in total. The highest BCUT2D eigenvalue weighted by Gasteiger charge is 2.22. The highest BCUT2D eigenvalue weighted by Crippen LogP contribution is 2.31. The summed E-state index contributed by atoms with van der Waals surface area (Å²) in [7, 11) is 0. The van der Waals surface area contributed by atoms with E-state index in [0.717, 1.165) is 0 Å². The Balaban J connectivity index is 3.32. The minimum absolute atomic E-state index is 0.0314. The maximum absolute atomic E-state index is 11.0. The second kappa shape index (κ2) is 5.82. The maximum Gasteiger partial charge on any atom is 0.310 e. The van der Waals surface area contributed by atoms with Crippen molar-refractivity contribution in [2.75, 3.05) is 24.6 Å². The Morgan fingerprint density at radius 2 is 2.29 bits per heavy atom. The van der Waals surface area contributed by atoms with Crippen molar-refractivity contribution in [3.05, 3.63) is 33.9 Å². The minimum Gasteiger partial charge on any atom is -0.395 e. The van der Waals surface area contributed by atoms with Crippen LogP contribution in [0.5, 0.6) is 0 Å².